The lowest BCUT2D eigenvalue weighted by atomic mass is 9.97. The number of hydrogen-bond acceptors (Lipinski definition) is 10. The highest BCUT2D eigenvalue weighted by atomic mass is 16.6. The Hall–Kier alpha value is -4.02. The molecule has 0 spiro atoms. The first-order valence-electron chi connectivity index (χ1n) is 12.6. The van der Waals surface area contributed by atoms with E-state index in [9.17, 15) is 29.4 Å². The third kappa shape index (κ3) is 9.62. The van der Waals surface area contributed by atoms with Gasteiger partial charge in [0.15, 0.2) is 11.6 Å². The van der Waals surface area contributed by atoms with E-state index in [1.807, 2.05) is 0 Å². The van der Waals surface area contributed by atoms with Crippen molar-refractivity contribution < 1.29 is 48.3 Å². The second-order valence-electron chi connectivity index (χ2n) is 10.0. The second-order valence-corrected chi connectivity index (χ2v) is 10.0. The molecule has 0 bridgehead atoms. The van der Waals surface area contributed by atoms with Crippen molar-refractivity contribution >= 4 is 23.5 Å². The van der Waals surface area contributed by atoms with Crippen LogP contribution in [0, 0.1) is 0 Å². The Labute approximate surface area is 233 Å². The largest absolute Gasteiger partial charge is 0.490 e. The molecule has 0 amide bonds. The highest BCUT2D eigenvalue weighted by molar-refractivity contribution is 6.02. The fraction of sp³-hybridized carbons (Fsp3) is 0.400. The number of ketones is 2. The molecule has 0 aliphatic carbocycles. The Morgan fingerprint density at radius 3 is 1.15 bits per heavy atom. The van der Waals surface area contributed by atoms with Crippen LogP contribution in [0.1, 0.15) is 62.3 Å². The van der Waals surface area contributed by atoms with Crippen molar-refractivity contribution in [2.75, 3.05) is 26.4 Å². The number of hydrogen-bond donors (Lipinski definition) is 2. The molecule has 0 saturated heterocycles. The summed E-state index contributed by atoms with van der Waals surface area (Å²) in [6.07, 6.45) is 0. The van der Waals surface area contributed by atoms with E-state index in [-0.39, 0.29) is 37.6 Å². The van der Waals surface area contributed by atoms with Crippen LogP contribution in [0.4, 0.5) is 0 Å². The lowest BCUT2D eigenvalue weighted by molar-refractivity contribution is -0.142. The van der Waals surface area contributed by atoms with Crippen LogP contribution in [-0.2, 0) is 19.1 Å². The smallest absolute Gasteiger partial charge is 0.334 e. The summed E-state index contributed by atoms with van der Waals surface area (Å²) in [5.74, 6) is -1.30. The molecule has 2 aromatic rings. The van der Waals surface area contributed by atoms with E-state index in [4.69, 9.17) is 18.9 Å². The maximum absolute atomic E-state index is 12.3. The summed E-state index contributed by atoms with van der Waals surface area (Å²) in [5.41, 5.74) is -2.08. The number of carbonyl (C=O) groups is 4. The van der Waals surface area contributed by atoms with Crippen LogP contribution in [0.3, 0.4) is 0 Å². The Bertz CT molecular complexity index is 1130. The number of benzene rings is 2. The van der Waals surface area contributed by atoms with Gasteiger partial charge in [-0.1, -0.05) is 0 Å². The molecule has 2 N–H and O–H groups in total. The van der Waals surface area contributed by atoms with Gasteiger partial charge in [-0.3, -0.25) is 9.59 Å². The normalized spacial score (nSPS) is 12.2. The van der Waals surface area contributed by atoms with E-state index in [1.165, 1.54) is 65.8 Å². The molecule has 2 aromatic carbocycles. The summed E-state index contributed by atoms with van der Waals surface area (Å²) >= 11 is 0. The highest BCUT2D eigenvalue weighted by Gasteiger charge is 2.26. The average Bonchev–Trinajstić information content (AvgIpc) is 2.91. The molecular weight excluding hydrogens is 520 g/mol. The summed E-state index contributed by atoms with van der Waals surface area (Å²) in [6.45, 7) is 8.49. The van der Waals surface area contributed by atoms with Crippen LogP contribution in [-0.4, -0.2) is 71.3 Å². The first kappa shape index (κ1) is 32.2. The third-order valence-electron chi connectivity index (χ3n) is 5.69. The molecule has 10 nitrogen and oxygen atoms in total. The van der Waals surface area contributed by atoms with Gasteiger partial charge in [0.05, 0.1) is 0 Å². The zero-order valence-electron chi connectivity index (χ0n) is 23.6. The van der Waals surface area contributed by atoms with Gasteiger partial charge < -0.3 is 29.2 Å². The second kappa shape index (κ2) is 13.9. The van der Waals surface area contributed by atoms with Crippen LogP contribution in [0.25, 0.3) is 0 Å². The minimum atomic E-state index is -1.48. The van der Waals surface area contributed by atoms with Crippen molar-refractivity contribution in [1.82, 2.24) is 0 Å². The van der Waals surface area contributed by atoms with Crippen molar-refractivity contribution in [3.05, 3.63) is 70.8 Å². The van der Waals surface area contributed by atoms with Crippen LogP contribution in [0.15, 0.2) is 59.7 Å². The summed E-state index contributed by atoms with van der Waals surface area (Å²) in [4.78, 5) is 48.7. The first-order chi connectivity index (χ1) is 18.6. The summed E-state index contributed by atoms with van der Waals surface area (Å²) in [5, 5.41) is 19.6. The fourth-order valence-electron chi connectivity index (χ4n) is 3.22. The van der Waals surface area contributed by atoms with Gasteiger partial charge in [-0.25, -0.2) is 9.59 Å². The molecule has 0 fully saturated rings. The first-order valence-corrected chi connectivity index (χ1v) is 12.6. The van der Waals surface area contributed by atoms with Gasteiger partial charge in [-0.05, 0) is 90.1 Å². The van der Waals surface area contributed by atoms with Crippen molar-refractivity contribution in [1.29, 1.82) is 0 Å². The van der Waals surface area contributed by atoms with Crippen molar-refractivity contribution in [3.8, 4) is 11.5 Å². The van der Waals surface area contributed by atoms with E-state index in [2.05, 4.69) is 0 Å². The quantitative estimate of drug-likeness (QED) is 0.153. The standard InChI is InChI=1S/C30H36O10/c1-19(27(33)39-17-15-37-23-11-7-21(8-12-23)25(31)29(3,4)35)20(2)28(34)40-18-16-38-24-13-9-22(10-14-24)26(32)30(5,6)36/h7-14,35-36H,15-18H2,1-6H3/b20-19+. The molecule has 0 aliphatic heterocycles. The molecule has 0 atom stereocenters. The number of Topliss-reactive ketones (excluding diaryl/α,β-unsaturated/α-hetero) is 2. The predicted octanol–water partition coefficient (Wildman–Crippen LogP) is 3.47. The Kier molecular flexibility index (Phi) is 11.2. The zero-order chi connectivity index (χ0) is 30.1. The summed E-state index contributed by atoms with van der Waals surface area (Å²) < 4.78 is 21.3. The third-order valence-corrected chi connectivity index (χ3v) is 5.69. The van der Waals surface area contributed by atoms with E-state index in [0.29, 0.717) is 22.6 Å². The fourth-order valence-corrected chi connectivity index (χ4v) is 3.22. The number of rotatable bonds is 14. The van der Waals surface area contributed by atoms with E-state index >= 15 is 0 Å². The predicted molar refractivity (Wildman–Crippen MR) is 145 cm³/mol. The van der Waals surface area contributed by atoms with Gasteiger partial charge in [-0.15, -0.1) is 0 Å². The van der Waals surface area contributed by atoms with Crippen LogP contribution in [0.2, 0.25) is 0 Å². The molecule has 0 unspecified atom stereocenters. The van der Waals surface area contributed by atoms with Gasteiger partial charge in [0.2, 0.25) is 0 Å². The van der Waals surface area contributed by atoms with Gasteiger partial charge in [0.1, 0.15) is 49.1 Å². The minimum absolute atomic E-state index is 0.0472. The molecule has 0 saturated carbocycles. The Balaban J connectivity index is 1.73. The van der Waals surface area contributed by atoms with Gasteiger partial charge in [0.25, 0.3) is 0 Å². The molecule has 40 heavy (non-hydrogen) atoms. The van der Waals surface area contributed by atoms with Crippen LogP contribution in [0.5, 0.6) is 11.5 Å². The van der Waals surface area contributed by atoms with E-state index in [0.717, 1.165) is 0 Å². The molecule has 0 aliphatic rings. The lowest BCUT2D eigenvalue weighted by Crippen LogP contribution is -2.31. The molecular formula is C30H36O10. The van der Waals surface area contributed by atoms with Gasteiger partial charge in [-0.2, -0.15) is 0 Å². The summed E-state index contributed by atoms with van der Waals surface area (Å²) in [6, 6.07) is 12.4. The number of esters is 2. The zero-order valence-corrected chi connectivity index (χ0v) is 23.6. The number of ether oxygens (including phenoxy) is 4. The van der Waals surface area contributed by atoms with Gasteiger partial charge >= 0.3 is 11.9 Å². The monoisotopic (exact) mass is 556 g/mol. The average molecular weight is 557 g/mol. The minimum Gasteiger partial charge on any atom is -0.490 e. The summed E-state index contributed by atoms with van der Waals surface area (Å²) in [7, 11) is 0. The molecule has 0 aromatic heterocycles. The van der Waals surface area contributed by atoms with Crippen molar-refractivity contribution in [3.63, 3.8) is 0 Å². The maximum Gasteiger partial charge on any atom is 0.334 e. The van der Waals surface area contributed by atoms with E-state index < -0.39 is 34.7 Å². The highest BCUT2D eigenvalue weighted by Crippen LogP contribution is 2.18. The lowest BCUT2D eigenvalue weighted by Gasteiger charge is -2.15. The Morgan fingerprint density at radius 2 is 0.875 bits per heavy atom. The maximum atomic E-state index is 12.3. The molecule has 0 heterocycles. The van der Waals surface area contributed by atoms with Crippen molar-refractivity contribution in [2.45, 2.75) is 52.7 Å². The SMILES string of the molecule is C/C(C(=O)OCCOc1ccc(C(=O)C(C)(C)O)cc1)=C(/C)C(=O)OCCOc1ccc(C(=O)C(C)(C)O)cc1. The van der Waals surface area contributed by atoms with Crippen LogP contribution >= 0.6 is 0 Å². The molecule has 2 rings (SSSR count). The molecule has 0 radical (unpaired) electrons. The Morgan fingerprint density at radius 1 is 0.575 bits per heavy atom. The number of aliphatic hydroxyl groups is 2. The molecule has 216 valence electrons. The van der Waals surface area contributed by atoms with Crippen molar-refractivity contribution in [2.24, 2.45) is 0 Å². The number of carbonyl (C=O) groups excluding carboxylic acids is 4. The molecule has 10 heteroatoms. The topological polar surface area (TPSA) is 146 Å². The van der Waals surface area contributed by atoms with E-state index in [1.54, 1.807) is 24.3 Å². The van der Waals surface area contributed by atoms with Crippen LogP contribution < -0.4 is 9.47 Å². The van der Waals surface area contributed by atoms with Gasteiger partial charge in [0, 0.05) is 22.3 Å².